The van der Waals surface area contributed by atoms with E-state index < -0.39 is 10.1 Å². The molecule has 0 unspecified atom stereocenters. The Balaban J connectivity index is -0.000000320. The third kappa shape index (κ3) is 18.9. The van der Waals surface area contributed by atoms with E-state index in [1.165, 1.54) is 4.31 Å². The zero-order chi connectivity index (χ0) is 7.49. The molecular weight excluding hydrogens is 208 g/mol. The summed E-state index contributed by atoms with van der Waals surface area (Å²) in [6.45, 7) is 0.224. The Kier molecular flexibility index (Phi) is 15.1. The molecule has 0 amide bonds. The predicted octanol–water partition coefficient (Wildman–Crippen LogP) is -1.11. The maximum absolute atomic E-state index is 10.0. The maximum atomic E-state index is 10.0. The van der Waals surface area contributed by atoms with Crippen LogP contribution in [0.4, 0.5) is 0 Å². The van der Waals surface area contributed by atoms with Gasteiger partial charge in [0.25, 0.3) is 10.1 Å². The van der Waals surface area contributed by atoms with Gasteiger partial charge in [0.15, 0.2) is 0 Å². The molecule has 4 nitrogen and oxygen atoms in total. The molecule has 58 valence electrons. The van der Waals surface area contributed by atoms with Gasteiger partial charge in [0.2, 0.25) is 0 Å². The van der Waals surface area contributed by atoms with Crippen LogP contribution in [0.1, 0.15) is 0 Å². The van der Waals surface area contributed by atoms with Gasteiger partial charge < -0.3 is 0 Å². The maximum Gasteiger partial charge on any atom is 0.266 e. The van der Waals surface area contributed by atoms with Gasteiger partial charge in [-0.15, -0.1) is 0 Å². The van der Waals surface area contributed by atoms with Gasteiger partial charge in [-0.3, -0.25) is 8.86 Å². The van der Waals surface area contributed by atoms with Crippen LogP contribution in [-0.2, 0) is 10.1 Å². The second-order valence-electron chi connectivity index (χ2n) is 1.67. The first-order valence-corrected chi connectivity index (χ1v) is 4.28. The second kappa shape index (κ2) is 8.80. The van der Waals surface area contributed by atoms with Crippen molar-refractivity contribution < 1.29 is 13.0 Å². The summed E-state index contributed by atoms with van der Waals surface area (Å²) >= 11 is 3.77. The number of hydrogen-bond acceptors (Lipinski definition) is 4. The Bertz CT molecular complexity index is 169. The molecule has 0 aromatic carbocycles. The minimum absolute atomic E-state index is 0. The summed E-state index contributed by atoms with van der Waals surface area (Å²) in [5.41, 5.74) is 0. The van der Waals surface area contributed by atoms with Crippen molar-refractivity contribution in [1.82, 2.24) is 4.31 Å². The monoisotopic (exact) mass is 217 g/mol. The van der Waals surface area contributed by atoms with Gasteiger partial charge in [-0.05, 0) is 7.05 Å². The molecule has 0 saturated carbocycles. The molecule has 1 N–H and O–H groups in total. The van der Waals surface area contributed by atoms with E-state index in [1.54, 1.807) is 7.05 Å². The van der Waals surface area contributed by atoms with Crippen molar-refractivity contribution in [2.75, 3.05) is 19.3 Å². The smallest absolute Gasteiger partial charge is 0.266 e. The van der Waals surface area contributed by atoms with Crippen molar-refractivity contribution in [3.63, 3.8) is 0 Å². The molecule has 0 heterocycles. The molecule has 0 aromatic heterocycles. The Hall–Kier alpha value is 2.22. The number of hydrogen-bond donors (Lipinski definition) is 2. The van der Waals surface area contributed by atoms with Crippen molar-refractivity contribution >= 4 is 82.0 Å². The van der Waals surface area contributed by atoms with Gasteiger partial charge in [0.05, 0.1) is 5.75 Å². The Morgan fingerprint density at radius 3 is 1.91 bits per heavy atom. The fourth-order valence-corrected chi connectivity index (χ4v) is 0.987. The Labute approximate surface area is 117 Å². The summed E-state index contributed by atoms with van der Waals surface area (Å²) in [6.07, 6.45) is 0. The summed E-state index contributed by atoms with van der Waals surface area (Å²) in [5, 5.41) is 0. The first-order chi connectivity index (χ1) is 3.92. The summed E-state index contributed by atoms with van der Waals surface area (Å²) in [7, 11) is -2.20. The van der Waals surface area contributed by atoms with E-state index in [4.69, 9.17) is 4.55 Å². The van der Waals surface area contributed by atoms with Crippen molar-refractivity contribution in [2.45, 2.75) is 0 Å². The van der Waals surface area contributed by atoms with Crippen molar-refractivity contribution in [2.24, 2.45) is 0 Å². The van der Waals surface area contributed by atoms with E-state index in [2.05, 4.69) is 12.8 Å². The molecule has 0 saturated heterocycles. The first kappa shape index (κ1) is 18.9. The van der Waals surface area contributed by atoms with Crippen LogP contribution >= 0.6 is 12.8 Å². The molecule has 0 aliphatic carbocycles. The number of nitrogens with zero attached hydrogens (tertiary/aromatic N) is 1. The quantitative estimate of drug-likeness (QED) is 0.357. The zero-order valence-electron chi connectivity index (χ0n) is 6.98. The summed E-state index contributed by atoms with van der Waals surface area (Å²) < 4.78 is 29.6. The molecule has 0 aliphatic heterocycles. The van der Waals surface area contributed by atoms with Gasteiger partial charge in [0.1, 0.15) is 0 Å². The molecule has 0 fully saturated rings. The van der Waals surface area contributed by atoms with Crippen molar-refractivity contribution in [3.8, 4) is 0 Å². The van der Waals surface area contributed by atoms with Gasteiger partial charge >= 0.3 is 0 Å². The van der Waals surface area contributed by atoms with Crippen molar-refractivity contribution in [3.05, 3.63) is 0 Å². The summed E-state index contributed by atoms with van der Waals surface area (Å²) in [6, 6.07) is 0. The third-order valence-electron chi connectivity index (χ3n) is 0.673. The zero-order valence-corrected chi connectivity index (χ0v) is 12.7. The summed E-state index contributed by atoms with van der Waals surface area (Å²) in [4.78, 5) is 0. The molecule has 8 heteroatoms. The predicted molar refractivity (Wildman–Crippen MR) is 49.5 cm³/mol. The molecule has 2 radical (unpaired) electrons. The second-order valence-corrected chi connectivity index (χ2v) is 3.92. The van der Waals surface area contributed by atoms with E-state index in [9.17, 15) is 8.42 Å². The third-order valence-corrected chi connectivity index (χ3v) is 1.57. The minimum atomic E-state index is -3.81. The average Bonchev–Trinajstić information content (AvgIpc) is 1.59. The van der Waals surface area contributed by atoms with Gasteiger partial charge in [-0.2, -0.15) is 8.42 Å². The van der Waals surface area contributed by atoms with Gasteiger partial charge in [-0.25, -0.2) is 0 Å². The standard InChI is InChI=1S/C3H9NO3S2.2Na/c1-4(8)2-3-9(5,6)7;;/h8H,2-3H2,1H3,(H,5,6,7);;. The van der Waals surface area contributed by atoms with Crippen LogP contribution < -0.4 is 0 Å². The topological polar surface area (TPSA) is 57.6 Å². The van der Waals surface area contributed by atoms with Gasteiger partial charge in [-0.1, -0.05) is 12.8 Å². The van der Waals surface area contributed by atoms with Crippen molar-refractivity contribution in [1.29, 1.82) is 0 Å². The van der Waals surface area contributed by atoms with Crippen LogP contribution in [0.5, 0.6) is 0 Å². The largest absolute Gasteiger partial charge is 0.286 e. The Morgan fingerprint density at radius 1 is 1.45 bits per heavy atom. The molecule has 0 aliphatic rings. The molecule has 11 heavy (non-hydrogen) atoms. The molecule has 0 aromatic rings. The van der Waals surface area contributed by atoms with Crippen LogP contribution in [0.15, 0.2) is 0 Å². The van der Waals surface area contributed by atoms with Crippen LogP contribution in [0.3, 0.4) is 0 Å². The normalized spacial score (nSPS) is 10.2. The van der Waals surface area contributed by atoms with Crippen LogP contribution in [-0.4, -0.2) is 95.7 Å². The molecule has 0 bridgehead atoms. The fourth-order valence-electron chi connectivity index (χ4n) is 0.247. The molecule has 0 spiro atoms. The van der Waals surface area contributed by atoms with Crippen LogP contribution in [0.25, 0.3) is 0 Å². The van der Waals surface area contributed by atoms with E-state index >= 15 is 0 Å². The van der Waals surface area contributed by atoms with E-state index in [-0.39, 0.29) is 71.4 Å². The fraction of sp³-hybridized carbons (Fsp3) is 1.00. The van der Waals surface area contributed by atoms with Gasteiger partial charge in [0, 0.05) is 65.7 Å². The minimum Gasteiger partial charge on any atom is -0.286 e. The molecular formula is C3H9NNa2O3S2. The SMILES string of the molecule is CN(S)CCS(=O)(=O)O.[Na].[Na]. The summed E-state index contributed by atoms with van der Waals surface area (Å²) in [5.74, 6) is -0.271. The van der Waals surface area contributed by atoms with E-state index in [1.807, 2.05) is 0 Å². The number of thiol groups is 1. The molecule has 0 atom stereocenters. The van der Waals surface area contributed by atoms with E-state index in [0.717, 1.165) is 0 Å². The Morgan fingerprint density at radius 2 is 1.82 bits per heavy atom. The average molecular weight is 217 g/mol. The van der Waals surface area contributed by atoms with Crippen LogP contribution in [0, 0.1) is 0 Å². The van der Waals surface area contributed by atoms with E-state index in [0.29, 0.717) is 0 Å². The number of rotatable bonds is 3. The first-order valence-electron chi connectivity index (χ1n) is 2.27. The van der Waals surface area contributed by atoms with Crippen LogP contribution in [0.2, 0.25) is 0 Å². The molecule has 0 rings (SSSR count).